The number of rotatable bonds is 3. The monoisotopic (exact) mass is 418 g/mol. The first-order valence-electron chi connectivity index (χ1n) is 9.54. The van der Waals surface area contributed by atoms with E-state index in [1.165, 1.54) is 12.1 Å². The normalized spacial score (nSPS) is 13.8. The van der Waals surface area contributed by atoms with E-state index in [1.54, 1.807) is 47.1 Å². The average Bonchev–Trinajstić information content (AvgIpc) is 3.31. The van der Waals surface area contributed by atoms with Crippen molar-refractivity contribution in [3.8, 4) is 22.5 Å². The van der Waals surface area contributed by atoms with Crippen LogP contribution in [0.5, 0.6) is 0 Å². The lowest BCUT2D eigenvalue weighted by Gasteiger charge is -2.05. The Bertz CT molecular complexity index is 1390. The molecule has 2 aromatic carbocycles. The zero-order valence-corrected chi connectivity index (χ0v) is 17.3. The van der Waals surface area contributed by atoms with Crippen LogP contribution in [0.4, 0.5) is 4.39 Å². The molecule has 0 amide bonds. The number of thioether (sulfide) groups is 1. The lowest BCUT2D eigenvalue weighted by molar-refractivity contribution is 0.628. The number of hydrogen-bond donors (Lipinski definition) is 1. The molecule has 0 fully saturated rings. The van der Waals surface area contributed by atoms with Crippen LogP contribution >= 0.6 is 11.8 Å². The Morgan fingerprint density at radius 2 is 1.77 bits per heavy atom. The second kappa shape index (κ2) is 7.18. The molecule has 7 heteroatoms. The molecule has 0 spiro atoms. The van der Waals surface area contributed by atoms with Gasteiger partial charge in [0.1, 0.15) is 11.6 Å². The summed E-state index contributed by atoms with van der Waals surface area (Å²) in [7, 11) is 3.53. The lowest BCUT2D eigenvalue weighted by Crippen LogP contribution is -2.19. The summed E-state index contributed by atoms with van der Waals surface area (Å²) in [4.78, 5) is 20.7. The van der Waals surface area contributed by atoms with Gasteiger partial charge < -0.3 is 4.98 Å². The summed E-state index contributed by atoms with van der Waals surface area (Å²) in [6, 6.07) is 12.3. The number of aromatic amines is 1. The molecule has 0 atom stereocenters. The van der Waals surface area contributed by atoms with E-state index < -0.39 is 0 Å². The van der Waals surface area contributed by atoms with Gasteiger partial charge in [0.05, 0.1) is 22.4 Å². The van der Waals surface area contributed by atoms with E-state index >= 15 is 0 Å². The minimum absolute atomic E-state index is 0.0696. The Morgan fingerprint density at radius 3 is 2.50 bits per heavy atom. The van der Waals surface area contributed by atoms with Crippen LogP contribution in [0, 0.1) is 5.82 Å². The van der Waals surface area contributed by atoms with Crippen LogP contribution in [0.1, 0.15) is 12.2 Å². The number of benzene rings is 2. The Kier molecular flexibility index (Phi) is 4.47. The zero-order chi connectivity index (χ0) is 20.8. The first kappa shape index (κ1) is 18.7. The summed E-state index contributed by atoms with van der Waals surface area (Å²) < 4.78 is 16.8. The summed E-state index contributed by atoms with van der Waals surface area (Å²) in [5, 5.41) is 4.14. The maximum atomic E-state index is 13.5. The van der Waals surface area contributed by atoms with Gasteiger partial charge in [0.2, 0.25) is 0 Å². The Balaban J connectivity index is 1.72. The van der Waals surface area contributed by atoms with Gasteiger partial charge in [0.15, 0.2) is 0 Å². The summed E-state index contributed by atoms with van der Waals surface area (Å²) in [5.74, 6) is 0.514. The van der Waals surface area contributed by atoms with Gasteiger partial charge in [-0.05, 0) is 53.6 Å². The Labute approximate surface area is 176 Å². The molecular weight excluding hydrogens is 399 g/mol. The molecule has 0 saturated carbocycles. The van der Waals surface area contributed by atoms with Crippen molar-refractivity contribution in [2.24, 2.45) is 14.1 Å². The molecule has 0 aliphatic carbocycles. The topological polar surface area (TPSA) is 55.6 Å². The van der Waals surface area contributed by atoms with E-state index in [4.69, 9.17) is 4.98 Å². The molecule has 0 saturated heterocycles. The van der Waals surface area contributed by atoms with Gasteiger partial charge in [-0.2, -0.15) is 0 Å². The number of fused-ring (bicyclic) bond motifs is 1. The van der Waals surface area contributed by atoms with Crippen molar-refractivity contribution >= 4 is 28.4 Å². The predicted octanol–water partition coefficient (Wildman–Crippen LogP) is 5.06. The number of imidazole rings is 2. The first-order chi connectivity index (χ1) is 14.5. The van der Waals surface area contributed by atoms with Crippen LogP contribution in [0.15, 0.2) is 64.2 Å². The number of H-pyrrole nitrogens is 1. The van der Waals surface area contributed by atoms with Crippen LogP contribution in [-0.2, 0) is 14.1 Å². The van der Waals surface area contributed by atoms with E-state index in [-0.39, 0.29) is 11.5 Å². The Hall–Kier alpha value is -3.32. The van der Waals surface area contributed by atoms with Gasteiger partial charge in [-0.25, -0.2) is 14.2 Å². The minimum atomic E-state index is -0.280. The number of nitrogens with one attached hydrogen (secondary N) is 1. The van der Waals surface area contributed by atoms with E-state index in [0.717, 1.165) is 51.4 Å². The SMILES string of the molecule is Cn1c(=O)n(C)c2cc(-c3nc(C4=CSC=CC4)[nH]c3-c3ccc(F)cc3)ccc21. The largest absolute Gasteiger partial charge is 0.338 e. The summed E-state index contributed by atoms with van der Waals surface area (Å²) in [6.45, 7) is 0. The minimum Gasteiger partial charge on any atom is -0.338 e. The van der Waals surface area contributed by atoms with Crippen molar-refractivity contribution in [3.05, 3.63) is 81.5 Å². The fourth-order valence-corrected chi connectivity index (χ4v) is 4.42. The highest BCUT2D eigenvalue weighted by Gasteiger charge is 2.18. The molecule has 5 nitrogen and oxygen atoms in total. The molecule has 3 heterocycles. The van der Waals surface area contributed by atoms with Crippen LogP contribution in [0.25, 0.3) is 39.1 Å². The predicted molar refractivity (Wildman–Crippen MR) is 120 cm³/mol. The molecule has 2 aromatic heterocycles. The van der Waals surface area contributed by atoms with Crippen molar-refractivity contribution < 1.29 is 4.39 Å². The quantitative estimate of drug-likeness (QED) is 0.506. The fourth-order valence-electron chi connectivity index (χ4n) is 3.77. The van der Waals surface area contributed by atoms with Gasteiger partial charge in [-0.15, -0.1) is 11.8 Å². The molecule has 4 aromatic rings. The smallest absolute Gasteiger partial charge is 0.328 e. The summed E-state index contributed by atoms with van der Waals surface area (Å²) in [5.41, 5.74) is 6.08. The van der Waals surface area contributed by atoms with Crippen molar-refractivity contribution in [3.63, 3.8) is 0 Å². The highest BCUT2D eigenvalue weighted by atomic mass is 32.2. The highest BCUT2D eigenvalue weighted by molar-refractivity contribution is 8.05. The van der Waals surface area contributed by atoms with Crippen molar-refractivity contribution in [2.75, 3.05) is 0 Å². The van der Waals surface area contributed by atoms with E-state index in [0.29, 0.717) is 0 Å². The van der Waals surface area contributed by atoms with Crippen molar-refractivity contribution in [1.29, 1.82) is 0 Å². The molecular formula is C23H19FN4OS. The molecule has 0 unspecified atom stereocenters. The molecule has 1 N–H and O–H groups in total. The second-order valence-corrected chi connectivity index (χ2v) is 8.06. The molecule has 0 bridgehead atoms. The number of allylic oxidation sites excluding steroid dienone is 2. The molecule has 1 aliphatic rings. The molecule has 5 rings (SSSR count). The van der Waals surface area contributed by atoms with E-state index in [1.807, 2.05) is 18.2 Å². The van der Waals surface area contributed by atoms with Gasteiger partial charge in [0, 0.05) is 30.8 Å². The molecule has 30 heavy (non-hydrogen) atoms. The first-order valence-corrected chi connectivity index (χ1v) is 10.5. The second-order valence-electron chi connectivity index (χ2n) is 7.28. The highest BCUT2D eigenvalue weighted by Crippen LogP contribution is 2.35. The number of nitrogens with zero attached hydrogens (tertiary/aromatic N) is 3. The van der Waals surface area contributed by atoms with E-state index in [2.05, 4.69) is 21.9 Å². The maximum absolute atomic E-state index is 13.5. The third-order valence-corrected chi connectivity index (χ3v) is 6.18. The van der Waals surface area contributed by atoms with Crippen LogP contribution < -0.4 is 5.69 Å². The van der Waals surface area contributed by atoms with Crippen LogP contribution in [-0.4, -0.2) is 19.1 Å². The maximum Gasteiger partial charge on any atom is 0.328 e. The average molecular weight is 418 g/mol. The molecule has 1 aliphatic heterocycles. The van der Waals surface area contributed by atoms with Gasteiger partial charge in [-0.1, -0.05) is 12.1 Å². The summed E-state index contributed by atoms with van der Waals surface area (Å²) in [6.07, 6.45) is 2.90. The third kappa shape index (κ3) is 3.02. The lowest BCUT2D eigenvalue weighted by atomic mass is 10.0. The molecule has 0 radical (unpaired) electrons. The third-order valence-electron chi connectivity index (χ3n) is 5.41. The number of hydrogen-bond acceptors (Lipinski definition) is 3. The van der Waals surface area contributed by atoms with Gasteiger partial charge in [-0.3, -0.25) is 9.13 Å². The number of halogens is 1. The number of aromatic nitrogens is 4. The summed E-state index contributed by atoms with van der Waals surface area (Å²) >= 11 is 1.62. The van der Waals surface area contributed by atoms with Gasteiger partial charge >= 0.3 is 5.69 Å². The van der Waals surface area contributed by atoms with E-state index in [9.17, 15) is 9.18 Å². The standard InChI is InChI=1S/C23H19FN4OS/c1-27-18-10-7-15(12-19(18)28(2)23(27)29)21-20(14-5-8-17(24)9-6-14)25-22(26-21)16-4-3-11-30-13-16/h3,5-13H,4H2,1-2H3,(H,25,26). The van der Waals surface area contributed by atoms with Crippen molar-refractivity contribution in [2.45, 2.75) is 6.42 Å². The number of aryl methyl sites for hydroxylation is 2. The zero-order valence-electron chi connectivity index (χ0n) is 16.5. The fraction of sp³-hybridized carbons (Fsp3) is 0.130. The molecule has 150 valence electrons. The van der Waals surface area contributed by atoms with Crippen molar-refractivity contribution in [1.82, 2.24) is 19.1 Å². The van der Waals surface area contributed by atoms with Gasteiger partial charge in [0.25, 0.3) is 0 Å². The van der Waals surface area contributed by atoms with Crippen LogP contribution in [0.3, 0.4) is 0 Å². The Morgan fingerprint density at radius 1 is 1.03 bits per heavy atom. The van der Waals surface area contributed by atoms with Crippen LogP contribution in [0.2, 0.25) is 0 Å².